The Labute approximate surface area is 150 Å². The Morgan fingerprint density at radius 2 is 1.33 bits per heavy atom. The molecule has 0 aliphatic heterocycles. The predicted molar refractivity (Wildman–Crippen MR) is 105 cm³/mol. The van der Waals surface area contributed by atoms with Crippen LogP contribution in [0.4, 0.5) is 0 Å². The van der Waals surface area contributed by atoms with E-state index in [-0.39, 0.29) is 0 Å². The average molecular weight is 374 g/mol. The van der Waals surface area contributed by atoms with Crippen molar-refractivity contribution in [2.45, 2.75) is 6.92 Å². The Kier molecular flexibility index (Phi) is 3.91. The van der Waals surface area contributed by atoms with Gasteiger partial charge in [-0.15, -0.1) is 0 Å². The van der Waals surface area contributed by atoms with E-state index in [4.69, 9.17) is 4.98 Å². The molecule has 1 nitrogen and oxygen atoms in total. The lowest BCUT2D eigenvalue weighted by Gasteiger charge is -2.15. The monoisotopic (exact) mass is 373 g/mol. The van der Waals surface area contributed by atoms with Crippen molar-refractivity contribution in [1.29, 1.82) is 0 Å². The van der Waals surface area contributed by atoms with Crippen molar-refractivity contribution in [1.82, 2.24) is 4.98 Å². The van der Waals surface area contributed by atoms with Gasteiger partial charge in [0, 0.05) is 16.5 Å². The van der Waals surface area contributed by atoms with Crippen LogP contribution in [0.15, 0.2) is 83.3 Å². The van der Waals surface area contributed by atoms with Gasteiger partial charge in [-0.2, -0.15) is 0 Å². The molecule has 0 amide bonds. The first-order chi connectivity index (χ1) is 11.8. The van der Waals surface area contributed by atoms with E-state index in [0.717, 1.165) is 21.2 Å². The standard InChI is InChI=1S/C22H16BrN/c1-15-9-8-14-18-19(16-10-4-2-5-11-16)20(23)22(24-21(15)18)17-12-6-3-7-13-17/h2-14H,1H3. The molecule has 0 saturated heterocycles. The predicted octanol–water partition coefficient (Wildman–Crippen LogP) is 6.64. The van der Waals surface area contributed by atoms with Crippen molar-refractivity contribution >= 4 is 26.8 Å². The van der Waals surface area contributed by atoms with Gasteiger partial charge in [0.05, 0.1) is 15.7 Å². The number of hydrogen-bond donors (Lipinski definition) is 0. The fourth-order valence-corrected chi connectivity index (χ4v) is 3.84. The molecule has 1 heterocycles. The lowest BCUT2D eigenvalue weighted by Crippen LogP contribution is -1.94. The van der Waals surface area contributed by atoms with Gasteiger partial charge in [0.15, 0.2) is 0 Å². The summed E-state index contributed by atoms with van der Waals surface area (Å²) in [6.45, 7) is 2.12. The molecular weight excluding hydrogens is 358 g/mol. The van der Waals surface area contributed by atoms with Crippen LogP contribution < -0.4 is 0 Å². The van der Waals surface area contributed by atoms with E-state index in [1.54, 1.807) is 0 Å². The van der Waals surface area contributed by atoms with E-state index in [2.05, 4.69) is 77.5 Å². The van der Waals surface area contributed by atoms with Gasteiger partial charge < -0.3 is 0 Å². The summed E-state index contributed by atoms with van der Waals surface area (Å²) in [6, 6.07) is 27.2. The summed E-state index contributed by atoms with van der Waals surface area (Å²) < 4.78 is 1.04. The molecule has 1 aromatic heterocycles. The third kappa shape index (κ3) is 2.53. The fourth-order valence-electron chi connectivity index (χ4n) is 3.08. The first-order valence-corrected chi connectivity index (χ1v) is 8.74. The highest BCUT2D eigenvalue weighted by molar-refractivity contribution is 9.10. The van der Waals surface area contributed by atoms with Crippen LogP contribution in [-0.2, 0) is 0 Å². The Morgan fingerprint density at radius 3 is 2.00 bits per heavy atom. The Balaban J connectivity index is 2.13. The van der Waals surface area contributed by atoms with Crippen LogP contribution in [-0.4, -0.2) is 4.98 Å². The molecule has 3 aromatic carbocycles. The highest BCUT2D eigenvalue weighted by Gasteiger charge is 2.16. The summed E-state index contributed by atoms with van der Waals surface area (Å²) >= 11 is 3.84. The molecule has 0 spiro atoms. The molecule has 0 unspecified atom stereocenters. The van der Waals surface area contributed by atoms with E-state index in [0.29, 0.717) is 0 Å². The van der Waals surface area contributed by atoms with Crippen molar-refractivity contribution in [3.05, 3.63) is 88.9 Å². The summed E-state index contributed by atoms with van der Waals surface area (Å²) in [5.74, 6) is 0. The quantitative estimate of drug-likeness (QED) is 0.383. The molecule has 24 heavy (non-hydrogen) atoms. The summed E-state index contributed by atoms with van der Waals surface area (Å²) in [4.78, 5) is 4.98. The minimum atomic E-state index is 0.983. The second-order valence-corrected chi connectivity index (χ2v) is 6.65. The molecule has 2 heteroatoms. The molecule has 0 fully saturated rings. The van der Waals surface area contributed by atoms with Gasteiger partial charge in [-0.25, -0.2) is 4.98 Å². The molecule has 0 aliphatic carbocycles. The summed E-state index contributed by atoms with van der Waals surface area (Å²) in [6.07, 6.45) is 0. The van der Waals surface area contributed by atoms with E-state index in [1.807, 2.05) is 24.3 Å². The first kappa shape index (κ1) is 15.1. The SMILES string of the molecule is Cc1cccc2c(-c3ccccc3)c(Br)c(-c3ccccc3)nc12. The Hall–Kier alpha value is -2.45. The maximum atomic E-state index is 4.98. The summed E-state index contributed by atoms with van der Waals surface area (Å²) in [7, 11) is 0. The maximum absolute atomic E-state index is 4.98. The van der Waals surface area contributed by atoms with Gasteiger partial charge in [0.2, 0.25) is 0 Å². The molecular formula is C22H16BrN. The molecule has 0 aliphatic rings. The number of fused-ring (bicyclic) bond motifs is 1. The van der Waals surface area contributed by atoms with Crippen molar-refractivity contribution in [3.8, 4) is 22.4 Å². The van der Waals surface area contributed by atoms with Crippen LogP contribution in [0.2, 0.25) is 0 Å². The van der Waals surface area contributed by atoms with Crippen molar-refractivity contribution in [2.75, 3.05) is 0 Å². The molecule has 0 saturated carbocycles. The average Bonchev–Trinajstić information content (AvgIpc) is 2.63. The van der Waals surface area contributed by atoms with Crippen LogP contribution in [0.5, 0.6) is 0 Å². The van der Waals surface area contributed by atoms with Crippen molar-refractivity contribution in [3.63, 3.8) is 0 Å². The normalized spacial score (nSPS) is 10.9. The Bertz CT molecular complexity index is 1010. The zero-order valence-corrected chi connectivity index (χ0v) is 14.9. The van der Waals surface area contributed by atoms with Gasteiger partial charge in [0.1, 0.15) is 0 Å². The smallest absolute Gasteiger partial charge is 0.0858 e. The third-order valence-corrected chi connectivity index (χ3v) is 5.04. The van der Waals surface area contributed by atoms with Crippen LogP contribution in [0.25, 0.3) is 33.3 Å². The number of benzene rings is 3. The van der Waals surface area contributed by atoms with Crippen LogP contribution in [0, 0.1) is 6.92 Å². The molecule has 4 aromatic rings. The Morgan fingerprint density at radius 1 is 0.708 bits per heavy atom. The van der Waals surface area contributed by atoms with E-state index >= 15 is 0 Å². The second-order valence-electron chi connectivity index (χ2n) is 5.85. The number of rotatable bonds is 2. The summed E-state index contributed by atoms with van der Waals surface area (Å²) in [5, 5.41) is 1.17. The van der Waals surface area contributed by atoms with Gasteiger partial charge in [-0.1, -0.05) is 78.9 Å². The van der Waals surface area contributed by atoms with E-state index < -0.39 is 0 Å². The first-order valence-electron chi connectivity index (χ1n) is 7.95. The maximum Gasteiger partial charge on any atom is 0.0858 e. The van der Waals surface area contributed by atoms with Gasteiger partial charge in [-0.05, 0) is 34.0 Å². The number of aromatic nitrogens is 1. The van der Waals surface area contributed by atoms with Gasteiger partial charge in [-0.3, -0.25) is 0 Å². The second kappa shape index (κ2) is 6.21. The highest BCUT2D eigenvalue weighted by Crippen LogP contribution is 2.40. The largest absolute Gasteiger partial charge is 0.246 e. The zero-order chi connectivity index (χ0) is 16.5. The third-order valence-electron chi connectivity index (χ3n) is 4.27. The van der Waals surface area contributed by atoms with Crippen molar-refractivity contribution < 1.29 is 0 Å². The minimum Gasteiger partial charge on any atom is -0.246 e. The number of aryl methyl sites for hydroxylation is 1. The number of pyridine rings is 1. The topological polar surface area (TPSA) is 12.9 Å². The zero-order valence-electron chi connectivity index (χ0n) is 13.3. The van der Waals surface area contributed by atoms with Crippen LogP contribution in [0.1, 0.15) is 5.56 Å². The molecule has 4 rings (SSSR count). The van der Waals surface area contributed by atoms with E-state index in [9.17, 15) is 0 Å². The number of nitrogens with zero attached hydrogens (tertiary/aromatic N) is 1. The summed E-state index contributed by atoms with van der Waals surface area (Å²) in [5.41, 5.74) is 6.73. The molecule has 0 bridgehead atoms. The number of halogens is 1. The van der Waals surface area contributed by atoms with Gasteiger partial charge in [0.25, 0.3) is 0 Å². The van der Waals surface area contributed by atoms with Gasteiger partial charge >= 0.3 is 0 Å². The lowest BCUT2D eigenvalue weighted by atomic mass is 9.97. The number of para-hydroxylation sites is 1. The molecule has 0 radical (unpaired) electrons. The molecule has 116 valence electrons. The van der Waals surface area contributed by atoms with Crippen molar-refractivity contribution in [2.24, 2.45) is 0 Å². The van der Waals surface area contributed by atoms with Crippen LogP contribution in [0.3, 0.4) is 0 Å². The van der Waals surface area contributed by atoms with Crippen LogP contribution >= 0.6 is 15.9 Å². The molecule has 0 N–H and O–H groups in total. The minimum absolute atomic E-state index is 0.983. The van der Waals surface area contributed by atoms with E-state index in [1.165, 1.54) is 22.1 Å². The lowest BCUT2D eigenvalue weighted by molar-refractivity contribution is 1.34. The highest BCUT2D eigenvalue weighted by atomic mass is 79.9. The fraction of sp³-hybridized carbons (Fsp3) is 0.0455. The number of hydrogen-bond acceptors (Lipinski definition) is 1. The molecule has 0 atom stereocenters.